The number of hydrogen-bond acceptors (Lipinski definition) is 2. The van der Waals surface area contributed by atoms with E-state index in [2.05, 4.69) is 0 Å². The van der Waals surface area contributed by atoms with Crippen molar-refractivity contribution in [2.45, 2.75) is 13.3 Å². The molecule has 78 valence electrons. The summed E-state index contributed by atoms with van der Waals surface area (Å²) < 4.78 is 25.8. The van der Waals surface area contributed by atoms with Crippen LogP contribution in [0, 0.1) is 11.6 Å². The van der Waals surface area contributed by atoms with Gasteiger partial charge in [-0.2, -0.15) is 0 Å². The maximum Gasteiger partial charge on any atom is 0.152 e. The van der Waals surface area contributed by atoms with Crippen LogP contribution in [0.1, 0.15) is 12.5 Å². The zero-order valence-corrected chi connectivity index (χ0v) is 8.33. The van der Waals surface area contributed by atoms with Gasteiger partial charge < -0.3 is 5.73 Å². The first kappa shape index (κ1) is 12.8. The molecule has 0 heterocycles. The first-order valence-corrected chi connectivity index (χ1v) is 3.74. The zero-order chi connectivity index (χ0) is 10.0. The van der Waals surface area contributed by atoms with E-state index in [-0.39, 0.29) is 30.2 Å². The van der Waals surface area contributed by atoms with Gasteiger partial charge in [-0.25, -0.2) is 8.78 Å². The van der Waals surface area contributed by atoms with E-state index in [1.807, 2.05) is 0 Å². The molecule has 0 saturated heterocycles. The highest BCUT2D eigenvalue weighted by atomic mass is 35.5. The lowest BCUT2D eigenvalue weighted by Gasteiger charge is -2.03. The van der Waals surface area contributed by atoms with Crippen molar-refractivity contribution in [1.82, 2.24) is 0 Å². The average Bonchev–Trinajstić information content (AvgIpc) is 2.06. The molecular weight excluding hydrogens is 212 g/mol. The van der Waals surface area contributed by atoms with Crippen LogP contribution in [0.15, 0.2) is 12.1 Å². The van der Waals surface area contributed by atoms with Gasteiger partial charge in [-0.3, -0.25) is 4.79 Å². The number of anilines is 1. The van der Waals surface area contributed by atoms with Crippen molar-refractivity contribution in [3.8, 4) is 0 Å². The summed E-state index contributed by atoms with van der Waals surface area (Å²) in [4.78, 5) is 10.7. The van der Waals surface area contributed by atoms with Gasteiger partial charge in [-0.05, 0) is 18.6 Å². The Labute approximate surface area is 86.5 Å². The third-order valence-corrected chi connectivity index (χ3v) is 1.65. The SMILES string of the molecule is CC(=O)Cc1ccc(F)c(N)c1F.Cl. The maximum atomic E-state index is 13.1. The molecule has 0 aliphatic rings. The molecule has 2 N–H and O–H groups in total. The second kappa shape index (κ2) is 4.91. The molecule has 14 heavy (non-hydrogen) atoms. The molecule has 0 aliphatic heterocycles. The lowest BCUT2D eigenvalue weighted by atomic mass is 10.1. The van der Waals surface area contributed by atoms with Gasteiger partial charge in [0.05, 0.1) is 0 Å². The second-order valence-electron chi connectivity index (χ2n) is 2.81. The number of nitrogen functional groups attached to an aromatic ring is 1. The number of halogens is 3. The van der Waals surface area contributed by atoms with Crippen LogP contribution in [0.25, 0.3) is 0 Å². The fraction of sp³-hybridized carbons (Fsp3) is 0.222. The first-order chi connectivity index (χ1) is 6.02. The van der Waals surface area contributed by atoms with E-state index in [4.69, 9.17) is 5.73 Å². The van der Waals surface area contributed by atoms with Crippen LogP contribution in [-0.2, 0) is 11.2 Å². The lowest BCUT2D eigenvalue weighted by molar-refractivity contribution is -0.116. The fourth-order valence-corrected chi connectivity index (χ4v) is 1.02. The molecule has 0 aliphatic carbocycles. The van der Waals surface area contributed by atoms with E-state index < -0.39 is 17.3 Å². The molecule has 1 aromatic rings. The number of Topliss-reactive ketones (excluding diaryl/α,β-unsaturated/α-hetero) is 1. The molecule has 0 saturated carbocycles. The molecular formula is C9H10ClF2NO. The van der Waals surface area contributed by atoms with Crippen LogP contribution in [0.5, 0.6) is 0 Å². The third kappa shape index (κ3) is 2.67. The highest BCUT2D eigenvalue weighted by Gasteiger charge is 2.11. The van der Waals surface area contributed by atoms with Crippen LogP contribution in [0.3, 0.4) is 0 Å². The van der Waals surface area contributed by atoms with Crippen LogP contribution in [0.4, 0.5) is 14.5 Å². The Balaban J connectivity index is 0.00000169. The van der Waals surface area contributed by atoms with Crippen LogP contribution in [-0.4, -0.2) is 5.78 Å². The minimum absolute atomic E-state index is 0. The van der Waals surface area contributed by atoms with Crippen molar-refractivity contribution in [1.29, 1.82) is 0 Å². The highest BCUT2D eigenvalue weighted by Crippen LogP contribution is 2.19. The summed E-state index contributed by atoms with van der Waals surface area (Å²) in [7, 11) is 0. The standard InChI is InChI=1S/C9H9F2NO.ClH/c1-5(13)4-6-2-3-7(10)9(12)8(6)11;/h2-3H,4,12H2,1H3;1H. The Kier molecular flexibility index (Phi) is 4.50. The number of ketones is 1. The third-order valence-electron chi connectivity index (χ3n) is 1.65. The fourth-order valence-electron chi connectivity index (χ4n) is 1.02. The van der Waals surface area contributed by atoms with E-state index in [0.29, 0.717) is 0 Å². The van der Waals surface area contributed by atoms with Crippen molar-refractivity contribution in [3.05, 3.63) is 29.3 Å². The number of benzene rings is 1. The van der Waals surface area contributed by atoms with E-state index in [0.717, 1.165) is 6.07 Å². The number of hydrogen-bond donors (Lipinski definition) is 1. The lowest BCUT2D eigenvalue weighted by Crippen LogP contribution is -2.04. The summed E-state index contributed by atoms with van der Waals surface area (Å²) >= 11 is 0. The van der Waals surface area contributed by atoms with Crippen LogP contribution in [0.2, 0.25) is 0 Å². The van der Waals surface area contributed by atoms with Gasteiger partial charge in [0.1, 0.15) is 17.3 Å². The minimum atomic E-state index is -0.838. The Morgan fingerprint density at radius 1 is 1.43 bits per heavy atom. The average molecular weight is 222 g/mol. The molecule has 0 aromatic heterocycles. The minimum Gasteiger partial charge on any atom is -0.394 e. The summed E-state index contributed by atoms with van der Waals surface area (Å²) in [5.41, 5.74) is 4.70. The second-order valence-corrected chi connectivity index (χ2v) is 2.81. The van der Waals surface area contributed by atoms with Crippen molar-refractivity contribution in [2.75, 3.05) is 5.73 Å². The summed E-state index contributed by atoms with van der Waals surface area (Å²) in [6, 6.07) is 2.28. The van der Waals surface area contributed by atoms with Gasteiger partial charge in [0.2, 0.25) is 0 Å². The monoisotopic (exact) mass is 221 g/mol. The number of nitrogens with two attached hydrogens (primary N) is 1. The van der Waals surface area contributed by atoms with Gasteiger partial charge in [0.25, 0.3) is 0 Å². The molecule has 5 heteroatoms. The van der Waals surface area contributed by atoms with Gasteiger partial charge in [-0.1, -0.05) is 6.07 Å². The van der Waals surface area contributed by atoms with Crippen LogP contribution >= 0.6 is 12.4 Å². The molecule has 2 nitrogen and oxygen atoms in total. The molecule has 0 atom stereocenters. The summed E-state index contributed by atoms with van der Waals surface area (Å²) in [5.74, 6) is -1.83. The first-order valence-electron chi connectivity index (χ1n) is 3.74. The summed E-state index contributed by atoms with van der Waals surface area (Å²) in [6.45, 7) is 1.33. The number of rotatable bonds is 2. The van der Waals surface area contributed by atoms with E-state index in [9.17, 15) is 13.6 Å². The van der Waals surface area contributed by atoms with Gasteiger partial charge in [-0.15, -0.1) is 12.4 Å². The normalized spacial score (nSPS) is 9.36. The number of carbonyl (C=O) groups excluding carboxylic acids is 1. The number of carbonyl (C=O) groups is 1. The molecule has 1 aromatic carbocycles. The van der Waals surface area contributed by atoms with Gasteiger partial charge in [0, 0.05) is 6.42 Å². The Morgan fingerprint density at radius 2 is 2.00 bits per heavy atom. The van der Waals surface area contributed by atoms with Gasteiger partial charge >= 0.3 is 0 Å². The van der Waals surface area contributed by atoms with Crippen LogP contribution < -0.4 is 5.73 Å². The molecule has 0 spiro atoms. The molecule has 0 fully saturated rings. The topological polar surface area (TPSA) is 43.1 Å². The zero-order valence-electron chi connectivity index (χ0n) is 7.51. The smallest absolute Gasteiger partial charge is 0.152 e. The summed E-state index contributed by atoms with van der Waals surface area (Å²) in [5, 5.41) is 0. The Morgan fingerprint density at radius 3 is 2.50 bits per heavy atom. The molecule has 0 unspecified atom stereocenters. The van der Waals surface area contributed by atoms with Crippen molar-refractivity contribution in [3.63, 3.8) is 0 Å². The summed E-state index contributed by atoms with van der Waals surface area (Å²) in [6.07, 6.45) is -0.0592. The van der Waals surface area contributed by atoms with Crippen molar-refractivity contribution in [2.24, 2.45) is 0 Å². The molecule has 1 rings (SSSR count). The molecule has 0 radical (unpaired) electrons. The van der Waals surface area contributed by atoms with Crippen molar-refractivity contribution >= 4 is 23.9 Å². The highest BCUT2D eigenvalue weighted by molar-refractivity contribution is 5.85. The molecule has 0 amide bonds. The van der Waals surface area contributed by atoms with E-state index in [1.165, 1.54) is 13.0 Å². The predicted octanol–water partition coefficient (Wildman–Crippen LogP) is 2.10. The van der Waals surface area contributed by atoms with Gasteiger partial charge in [0.15, 0.2) is 5.82 Å². The Hall–Kier alpha value is -1.16. The quantitative estimate of drug-likeness (QED) is 0.778. The van der Waals surface area contributed by atoms with E-state index >= 15 is 0 Å². The maximum absolute atomic E-state index is 13.1. The van der Waals surface area contributed by atoms with Crippen molar-refractivity contribution < 1.29 is 13.6 Å². The molecule has 0 bridgehead atoms. The predicted molar refractivity (Wildman–Crippen MR) is 52.4 cm³/mol. The largest absolute Gasteiger partial charge is 0.394 e. The Bertz CT molecular complexity index is 355. The van der Waals surface area contributed by atoms with E-state index in [1.54, 1.807) is 0 Å².